The molecule has 4 aromatic rings. The average Bonchev–Trinajstić information content (AvgIpc) is 3.55. The smallest absolute Gasteiger partial charge is 0.331 e. The Labute approximate surface area is 262 Å². The average molecular weight is 618 g/mol. The van der Waals surface area contributed by atoms with Crippen LogP contribution in [-0.2, 0) is 27.4 Å². The SMILES string of the molecule is CCOC(=O)CCCCn1c(=O)c2sccc2n(CCCCN2CCC(OC(c3ccccc3)c3ccccc3)CC2)c1=O. The first-order chi connectivity index (χ1) is 21.5. The first-order valence-corrected chi connectivity index (χ1v) is 16.8. The van der Waals surface area contributed by atoms with Crippen molar-refractivity contribution >= 4 is 27.5 Å². The van der Waals surface area contributed by atoms with Gasteiger partial charge in [-0.2, -0.15) is 0 Å². The summed E-state index contributed by atoms with van der Waals surface area (Å²) in [4.78, 5) is 40.5. The van der Waals surface area contributed by atoms with E-state index in [0.717, 1.165) is 50.8 Å². The molecule has 1 fully saturated rings. The third-order valence-electron chi connectivity index (χ3n) is 8.33. The van der Waals surface area contributed by atoms with E-state index < -0.39 is 0 Å². The Morgan fingerprint density at radius 3 is 2.11 bits per heavy atom. The van der Waals surface area contributed by atoms with Gasteiger partial charge >= 0.3 is 11.7 Å². The molecule has 0 radical (unpaired) electrons. The molecule has 0 N–H and O–H groups in total. The van der Waals surface area contributed by atoms with E-state index in [1.165, 1.54) is 27.0 Å². The summed E-state index contributed by atoms with van der Waals surface area (Å²) in [5, 5.41) is 1.87. The molecule has 0 saturated carbocycles. The van der Waals surface area contributed by atoms with Gasteiger partial charge in [0.2, 0.25) is 0 Å². The largest absolute Gasteiger partial charge is 0.466 e. The maximum absolute atomic E-state index is 13.4. The van der Waals surface area contributed by atoms with Crippen LogP contribution in [0.4, 0.5) is 0 Å². The number of piperidine rings is 1. The molecule has 2 aromatic heterocycles. The number of rotatable bonds is 15. The van der Waals surface area contributed by atoms with Crippen LogP contribution in [0.25, 0.3) is 10.2 Å². The molecule has 1 aliphatic rings. The van der Waals surface area contributed by atoms with Crippen molar-refractivity contribution in [2.75, 3.05) is 26.2 Å². The number of esters is 1. The highest BCUT2D eigenvalue weighted by molar-refractivity contribution is 7.17. The molecule has 1 saturated heterocycles. The van der Waals surface area contributed by atoms with Crippen molar-refractivity contribution < 1.29 is 14.3 Å². The molecule has 0 amide bonds. The number of carbonyl (C=O) groups excluding carboxylic acids is 1. The zero-order valence-corrected chi connectivity index (χ0v) is 26.4. The van der Waals surface area contributed by atoms with Crippen molar-refractivity contribution in [1.82, 2.24) is 14.0 Å². The third-order valence-corrected chi connectivity index (χ3v) is 9.22. The van der Waals surface area contributed by atoms with E-state index in [0.29, 0.717) is 43.7 Å². The maximum Gasteiger partial charge on any atom is 0.331 e. The molecule has 2 aromatic carbocycles. The predicted molar refractivity (Wildman–Crippen MR) is 175 cm³/mol. The summed E-state index contributed by atoms with van der Waals surface area (Å²) in [6.07, 6.45) is 5.39. The van der Waals surface area contributed by atoms with Crippen LogP contribution in [0, 0.1) is 0 Å². The first-order valence-electron chi connectivity index (χ1n) is 15.9. The summed E-state index contributed by atoms with van der Waals surface area (Å²) in [5.74, 6) is -0.244. The molecule has 8 nitrogen and oxygen atoms in total. The van der Waals surface area contributed by atoms with Gasteiger partial charge in [0.1, 0.15) is 10.8 Å². The lowest BCUT2D eigenvalue weighted by Crippen LogP contribution is -2.40. The van der Waals surface area contributed by atoms with Crippen molar-refractivity contribution in [1.29, 1.82) is 0 Å². The fourth-order valence-corrected chi connectivity index (χ4v) is 6.83. The number of aromatic nitrogens is 2. The zero-order chi connectivity index (χ0) is 30.7. The Balaban J connectivity index is 1.11. The fraction of sp³-hybridized carbons (Fsp3) is 0.457. The Morgan fingerprint density at radius 2 is 1.45 bits per heavy atom. The van der Waals surface area contributed by atoms with Crippen LogP contribution in [-0.4, -0.2) is 52.3 Å². The highest BCUT2D eigenvalue weighted by atomic mass is 32.1. The fourth-order valence-electron chi connectivity index (χ4n) is 5.99. The highest BCUT2D eigenvalue weighted by Gasteiger charge is 2.24. The molecule has 44 heavy (non-hydrogen) atoms. The van der Waals surface area contributed by atoms with Gasteiger partial charge in [-0.05, 0) is 74.6 Å². The number of nitrogens with zero attached hydrogens (tertiary/aromatic N) is 3. The van der Waals surface area contributed by atoms with Crippen molar-refractivity contribution in [3.63, 3.8) is 0 Å². The van der Waals surface area contributed by atoms with E-state index >= 15 is 0 Å². The number of hydrogen-bond acceptors (Lipinski definition) is 7. The van der Waals surface area contributed by atoms with Crippen LogP contribution in [0.2, 0.25) is 0 Å². The summed E-state index contributed by atoms with van der Waals surface area (Å²) in [5.41, 5.74) is 2.58. The second-order valence-electron chi connectivity index (χ2n) is 11.4. The second kappa shape index (κ2) is 16.0. The molecule has 5 rings (SSSR count). The van der Waals surface area contributed by atoms with Crippen LogP contribution >= 0.6 is 11.3 Å². The minimum Gasteiger partial charge on any atom is -0.466 e. The number of unbranched alkanes of at least 4 members (excludes halogenated alkanes) is 2. The van der Waals surface area contributed by atoms with E-state index in [2.05, 4.69) is 53.4 Å². The number of carbonyl (C=O) groups is 1. The van der Waals surface area contributed by atoms with Crippen molar-refractivity contribution in [3.8, 4) is 0 Å². The molecule has 0 unspecified atom stereocenters. The molecule has 9 heteroatoms. The van der Waals surface area contributed by atoms with Crippen LogP contribution in [0.5, 0.6) is 0 Å². The predicted octanol–water partition coefficient (Wildman–Crippen LogP) is 6.01. The Kier molecular flexibility index (Phi) is 11.6. The molecule has 0 aliphatic carbocycles. The summed E-state index contributed by atoms with van der Waals surface area (Å²) in [7, 11) is 0. The molecular weight excluding hydrogens is 574 g/mol. The van der Waals surface area contributed by atoms with Gasteiger partial charge in [-0.1, -0.05) is 60.7 Å². The van der Waals surface area contributed by atoms with Crippen molar-refractivity contribution in [2.45, 2.75) is 77.2 Å². The minimum absolute atomic E-state index is 0.0676. The third kappa shape index (κ3) is 8.14. The van der Waals surface area contributed by atoms with E-state index in [9.17, 15) is 14.4 Å². The lowest BCUT2D eigenvalue weighted by atomic mass is 10.00. The van der Waals surface area contributed by atoms with Gasteiger partial charge in [-0.3, -0.25) is 18.7 Å². The minimum atomic E-state index is -0.263. The van der Waals surface area contributed by atoms with Gasteiger partial charge in [0.25, 0.3) is 5.56 Å². The van der Waals surface area contributed by atoms with Gasteiger partial charge in [0, 0.05) is 32.6 Å². The number of hydrogen-bond donors (Lipinski definition) is 0. The maximum atomic E-state index is 13.4. The molecular formula is C35H43N3O5S. The Morgan fingerprint density at radius 1 is 0.841 bits per heavy atom. The van der Waals surface area contributed by atoms with Gasteiger partial charge in [-0.25, -0.2) is 4.79 Å². The molecule has 0 bridgehead atoms. The normalized spacial score (nSPS) is 14.4. The van der Waals surface area contributed by atoms with E-state index in [-0.39, 0.29) is 29.4 Å². The summed E-state index contributed by atoms with van der Waals surface area (Å²) < 4.78 is 15.4. The molecule has 3 heterocycles. The topological polar surface area (TPSA) is 82.8 Å². The van der Waals surface area contributed by atoms with Gasteiger partial charge in [-0.15, -0.1) is 11.3 Å². The second-order valence-corrected chi connectivity index (χ2v) is 12.3. The van der Waals surface area contributed by atoms with Gasteiger partial charge in [0.15, 0.2) is 0 Å². The van der Waals surface area contributed by atoms with Crippen LogP contribution in [0.1, 0.15) is 69.1 Å². The highest BCUT2D eigenvalue weighted by Crippen LogP contribution is 2.30. The molecule has 234 valence electrons. The summed E-state index contributed by atoms with van der Waals surface area (Å²) in [6.45, 7) is 5.97. The van der Waals surface area contributed by atoms with Crippen molar-refractivity contribution in [2.24, 2.45) is 0 Å². The Bertz CT molecular complexity index is 1550. The standard InChI is InChI=1S/C35H43N3O5S/c1-2-42-31(39)17-9-10-23-38-34(40)33-30(20-26-44-33)37(35(38)41)22-12-11-21-36-24-18-29(19-25-36)43-32(27-13-5-3-6-14-27)28-15-7-4-8-16-28/h3-8,13-16,20,26,29,32H,2,9-12,17-19,21-25H2,1H3. The number of thiophene rings is 1. The van der Waals surface area contributed by atoms with E-state index in [1.807, 2.05) is 23.6 Å². The lowest BCUT2D eigenvalue weighted by molar-refractivity contribution is -0.143. The molecule has 0 spiro atoms. The van der Waals surface area contributed by atoms with E-state index in [1.54, 1.807) is 11.5 Å². The quantitative estimate of drug-likeness (QED) is 0.120. The summed E-state index contributed by atoms with van der Waals surface area (Å²) >= 11 is 1.38. The van der Waals surface area contributed by atoms with Gasteiger partial charge < -0.3 is 14.4 Å². The summed E-state index contributed by atoms with van der Waals surface area (Å²) in [6, 6.07) is 22.8. The van der Waals surface area contributed by atoms with E-state index in [4.69, 9.17) is 9.47 Å². The number of benzene rings is 2. The first kappa shape index (κ1) is 31.9. The molecule has 0 atom stereocenters. The zero-order valence-electron chi connectivity index (χ0n) is 25.6. The number of likely N-dealkylation sites (tertiary alicyclic amines) is 1. The van der Waals surface area contributed by atoms with Crippen molar-refractivity contribution in [3.05, 3.63) is 104 Å². The van der Waals surface area contributed by atoms with Crippen LogP contribution < -0.4 is 11.2 Å². The Hall–Kier alpha value is -3.53. The number of aryl methyl sites for hydroxylation is 1. The number of ether oxygens (including phenoxy) is 2. The lowest BCUT2D eigenvalue weighted by Gasteiger charge is -2.34. The number of fused-ring (bicyclic) bond motifs is 1. The van der Waals surface area contributed by atoms with Gasteiger partial charge in [0.05, 0.1) is 18.2 Å². The van der Waals surface area contributed by atoms with Crippen LogP contribution in [0.15, 0.2) is 81.7 Å². The van der Waals surface area contributed by atoms with Crippen LogP contribution in [0.3, 0.4) is 0 Å². The molecule has 1 aliphatic heterocycles. The monoisotopic (exact) mass is 617 g/mol.